The molecule has 0 aliphatic heterocycles. The topological polar surface area (TPSA) is 90.0 Å². The number of benzene rings is 3. The normalized spacial score (nSPS) is 14.7. The molecule has 8 nitrogen and oxygen atoms in total. The van der Waals surface area contributed by atoms with Gasteiger partial charge in [-0.3, -0.25) is 9.59 Å². The minimum absolute atomic E-state index is 0.0611. The van der Waals surface area contributed by atoms with Gasteiger partial charge in [0.1, 0.15) is 24.2 Å². The first-order valence-corrected chi connectivity index (χ1v) is 15.8. The largest absolute Gasteiger partial charge is 0.352 e. The molecule has 1 atom stereocenters. The molecule has 4 rings (SSSR count). The molecule has 1 aliphatic carbocycles. The molecule has 0 bridgehead atoms. The zero-order valence-corrected chi connectivity index (χ0v) is 25.3. The lowest BCUT2D eigenvalue weighted by molar-refractivity contribution is -0.140. The summed E-state index contributed by atoms with van der Waals surface area (Å²) in [5.41, 5.74) is 0.610. The fourth-order valence-electron chi connectivity index (χ4n) is 5.26. The molecular formula is C32H38F2N4O4S. The second-order valence-corrected chi connectivity index (χ2v) is 13.0. The standard InChI is InChI=1S/C32H38F2N4O4S/c1-36(2)43(41,42)38(29-20-12-11-19-28(29)34)23-31(39)37(22-25-15-9-10-18-27(25)33)30(21-24-13-5-3-6-14-24)32(40)35-26-16-7-4-8-17-26/h3,5-6,9-15,18-20,26,30H,4,7-8,16-17,21-23H2,1-2H3,(H,35,40)/t30-/m1/s1. The highest BCUT2D eigenvalue weighted by Crippen LogP contribution is 2.25. The number of carbonyl (C=O) groups excluding carboxylic acids is 2. The van der Waals surface area contributed by atoms with E-state index >= 15 is 0 Å². The summed E-state index contributed by atoms with van der Waals surface area (Å²) >= 11 is 0. The third-order valence-electron chi connectivity index (χ3n) is 7.66. The number of anilines is 1. The molecule has 1 saturated carbocycles. The Morgan fingerprint density at radius 2 is 1.47 bits per heavy atom. The Morgan fingerprint density at radius 1 is 0.860 bits per heavy atom. The van der Waals surface area contributed by atoms with E-state index in [0.29, 0.717) is 4.31 Å². The Kier molecular flexibility index (Phi) is 10.9. The van der Waals surface area contributed by atoms with E-state index in [-0.39, 0.29) is 30.3 Å². The van der Waals surface area contributed by atoms with Crippen molar-refractivity contribution in [3.63, 3.8) is 0 Å². The van der Waals surface area contributed by atoms with Crippen LogP contribution in [0.15, 0.2) is 78.9 Å². The van der Waals surface area contributed by atoms with Gasteiger partial charge >= 0.3 is 10.2 Å². The van der Waals surface area contributed by atoms with Crippen LogP contribution >= 0.6 is 0 Å². The van der Waals surface area contributed by atoms with Crippen LogP contribution < -0.4 is 9.62 Å². The van der Waals surface area contributed by atoms with E-state index < -0.39 is 46.2 Å². The van der Waals surface area contributed by atoms with Crippen molar-refractivity contribution in [3.05, 3.63) is 102 Å². The molecule has 0 saturated heterocycles. The van der Waals surface area contributed by atoms with Gasteiger partial charge in [-0.2, -0.15) is 12.7 Å². The van der Waals surface area contributed by atoms with Crippen molar-refractivity contribution in [1.29, 1.82) is 0 Å². The fourth-order valence-corrected chi connectivity index (χ4v) is 6.33. The summed E-state index contributed by atoms with van der Waals surface area (Å²) in [6, 6.07) is 19.1. The highest BCUT2D eigenvalue weighted by molar-refractivity contribution is 7.90. The number of hydrogen-bond donors (Lipinski definition) is 1. The Balaban J connectivity index is 1.77. The van der Waals surface area contributed by atoms with Crippen molar-refractivity contribution < 1.29 is 26.8 Å². The average molecular weight is 613 g/mol. The second kappa shape index (κ2) is 14.6. The highest BCUT2D eigenvalue weighted by atomic mass is 32.2. The second-order valence-electron chi connectivity index (χ2n) is 10.9. The van der Waals surface area contributed by atoms with E-state index in [1.54, 1.807) is 6.07 Å². The fraction of sp³-hybridized carbons (Fsp3) is 0.375. The lowest BCUT2D eigenvalue weighted by atomic mass is 9.94. The Morgan fingerprint density at radius 3 is 2.09 bits per heavy atom. The van der Waals surface area contributed by atoms with Crippen LogP contribution in [0.4, 0.5) is 14.5 Å². The maximum absolute atomic E-state index is 15.0. The number of hydrogen-bond acceptors (Lipinski definition) is 4. The Bertz CT molecular complexity index is 1500. The molecule has 0 radical (unpaired) electrons. The Labute approximate surface area is 252 Å². The van der Waals surface area contributed by atoms with Crippen LogP contribution in [0.25, 0.3) is 0 Å². The third-order valence-corrected chi connectivity index (χ3v) is 9.47. The van der Waals surface area contributed by atoms with Crippen LogP contribution in [0.5, 0.6) is 0 Å². The molecule has 3 aromatic carbocycles. The minimum atomic E-state index is -4.35. The van der Waals surface area contributed by atoms with Crippen molar-refractivity contribution in [2.24, 2.45) is 0 Å². The molecule has 0 unspecified atom stereocenters. The van der Waals surface area contributed by atoms with E-state index in [0.717, 1.165) is 48.0 Å². The van der Waals surface area contributed by atoms with E-state index in [1.165, 1.54) is 55.4 Å². The summed E-state index contributed by atoms with van der Waals surface area (Å²) < 4.78 is 58.2. The van der Waals surface area contributed by atoms with Crippen molar-refractivity contribution in [2.45, 2.75) is 57.2 Å². The number of carbonyl (C=O) groups is 2. The maximum Gasteiger partial charge on any atom is 0.304 e. The van der Waals surface area contributed by atoms with Gasteiger partial charge in [-0.1, -0.05) is 79.9 Å². The van der Waals surface area contributed by atoms with E-state index in [2.05, 4.69) is 5.32 Å². The molecule has 43 heavy (non-hydrogen) atoms. The molecule has 1 N–H and O–H groups in total. The van der Waals surface area contributed by atoms with Gasteiger partial charge in [0.2, 0.25) is 11.8 Å². The van der Waals surface area contributed by atoms with Gasteiger partial charge < -0.3 is 10.2 Å². The van der Waals surface area contributed by atoms with Crippen molar-refractivity contribution in [2.75, 3.05) is 24.9 Å². The molecule has 1 fully saturated rings. The molecule has 1 aliphatic rings. The summed E-state index contributed by atoms with van der Waals surface area (Å²) in [6.45, 7) is -1.11. The molecule has 0 aromatic heterocycles. The predicted octanol–water partition coefficient (Wildman–Crippen LogP) is 4.67. The monoisotopic (exact) mass is 612 g/mol. The van der Waals surface area contributed by atoms with Gasteiger partial charge in [-0.25, -0.2) is 13.1 Å². The number of para-hydroxylation sites is 1. The van der Waals surface area contributed by atoms with Gasteiger partial charge in [-0.15, -0.1) is 0 Å². The van der Waals surface area contributed by atoms with Gasteiger partial charge in [0.05, 0.1) is 5.69 Å². The number of rotatable bonds is 12. The van der Waals surface area contributed by atoms with Crippen molar-refractivity contribution in [1.82, 2.24) is 14.5 Å². The molecule has 2 amide bonds. The van der Waals surface area contributed by atoms with Crippen LogP contribution in [-0.4, -0.2) is 62.2 Å². The predicted molar refractivity (Wildman–Crippen MR) is 162 cm³/mol. The summed E-state index contributed by atoms with van der Waals surface area (Å²) in [7, 11) is -1.79. The van der Waals surface area contributed by atoms with Gasteiger partial charge in [0.15, 0.2) is 0 Å². The molecular weight excluding hydrogens is 574 g/mol. The Hall–Kier alpha value is -3.83. The third kappa shape index (κ3) is 8.17. The number of nitrogens with zero attached hydrogens (tertiary/aromatic N) is 3. The zero-order chi connectivity index (χ0) is 31.0. The molecule has 0 heterocycles. The van der Waals surface area contributed by atoms with Crippen molar-refractivity contribution >= 4 is 27.7 Å². The zero-order valence-electron chi connectivity index (χ0n) is 24.5. The van der Waals surface area contributed by atoms with E-state index in [9.17, 15) is 26.8 Å². The van der Waals surface area contributed by atoms with Crippen molar-refractivity contribution in [3.8, 4) is 0 Å². The first kappa shape index (κ1) is 32.1. The van der Waals surface area contributed by atoms with Gasteiger partial charge in [0.25, 0.3) is 0 Å². The van der Waals surface area contributed by atoms with Crippen LogP contribution in [0.2, 0.25) is 0 Å². The molecule has 230 valence electrons. The quantitative estimate of drug-likeness (QED) is 0.322. The summed E-state index contributed by atoms with van der Waals surface area (Å²) in [5, 5.41) is 3.09. The van der Waals surface area contributed by atoms with Crippen LogP contribution in [0, 0.1) is 11.6 Å². The van der Waals surface area contributed by atoms with E-state index in [4.69, 9.17) is 0 Å². The summed E-state index contributed by atoms with van der Waals surface area (Å²) in [4.78, 5) is 29.4. The minimum Gasteiger partial charge on any atom is -0.352 e. The molecule has 0 spiro atoms. The lowest BCUT2D eigenvalue weighted by Gasteiger charge is -2.35. The molecule has 3 aromatic rings. The smallest absolute Gasteiger partial charge is 0.304 e. The lowest BCUT2D eigenvalue weighted by Crippen LogP contribution is -2.55. The summed E-state index contributed by atoms with van der Waals surface area (Å²) in [5.74, 6) is -2.60. The maximum atomic E-state index is 15.0. The number of amides is 2. The van der Waals surface area contributed by atoms with Crippen LogP contribution in [0.3, 0.4) is 0 Å². The first-order chi connectivity index (χ1) is 20.6. The van der Waals surface area contributed by atoms with Gasteiger partial charge in [-0.05, 0) is 36.6 Å². The number of nitrogens with one attached hydrogen (secondary N) is 1. The summed E-state index contributed by atoms with van der Waals surface area (Å²) in [6.07, 6.45) is 4.78. The first-order valence-electron chi connectivity index (χ1n) is 14.4. The average Bonchev–Trinajstić information content (AvgIpc) is 2.99. The van der Waals surface area contributed by atoms with Gasteiger partial charge in [0, 0.05) is 38.7 Å². The van der Waals surface area contributed by atoms with E-state index in [1.807, 2.05) is 30.3 Å². The SMILES string of the molecule is CN(C)S(=O)(=O)N(CC(=O)N(Cc1ccccc1F)[C@H](Cc1ccccc1)C(=O)NC1CCCCC1)c1ccccc1F. The number of halogens is 2. The van der Waals surface area contributed by atoms with Crippen LogP contribution in [0.1, 0.15) is 43.2 Å². The molecule has 11 heteroatoms. The highest BCUT2D eigenvalue weighted by Gasteiger charge is 2.36. The van der Waals surface area contributed by atoms with Crippen LogP contribution in [-0.2, 0) is 32.8 Å².